The molecule has 0 aromatic carbocycles. The van der Waals surface area contributed by atoms with Crippen molar-refractivity contribution in [1.29, 1.82) is 0 Å². The molecule has 0 radical (unpaired) electrons. The Kier molecular flexibility index (Phi) is 4.36. The first-order valence-corrected chi connectivity index (χ1v) is 5.07. The van der Waals surface area contributed by atoms with Gasteiger partial charge in [-0.1, -0.05) is 0 Å². The monoisotopic (exact) mass is 215 g/mol. The molecule has 0 aromatic heterocycles. The first kappa shape index (κ1) is 11.8. The van der Waals surface area contributed by atoms with Crippen LogP contribution in [0, 0.1) is 0 Å². The van der Waals surface area contributed by atoms with Gasteiger partial charge in [0.25, 0.3) is 0 Å². The van der Waals surface area contributed by atoms with Crippen molar-refractivity contribution < 1.29 is 14.3 Å². The van der Waals surface area contributed by atoms with Crippen LogP contribution in [0.2, 0.25) is 0 Å². The molecule has 1 heterocycles. The second-order valence-corrected chi connectivity index (χ2v) is 3.56. The number of likely N-dealkylation sites (tertiary alicyclic amines) is 1. The summed E-state index contributed by atoms with van der Waals surface area (Å²) in [5.41, 5.74) is 10.2. The quantitative estimate of drug-likeness (QED) is 0.658. The fraction of sp³-hybridized carbons (Fsp3) is 0.778. The lowest BCUT2D eigenvalue weighted by Gasteiger charge is -2.31. The van der Waals surface area contributed by atoms with Gasteiger partial charge in [-0.3, -0.25) is 4.79 Å². The molecule has 86 valence electrons. The Labute approximate surface area is 88.5 Å². The van der Waals surface area contributed by atoms with Crippen molar-refractivity contribution in [3.05, 3.63) is 0 Å². The Morgan fingerprint density at radius 3 is 2.40 bits per heavy atom. The molecule has 0 bridgehead atoms. The number of amides is 2. The topological polar surface area (TPSA) is 98.7 Å². The van der Waals surface area contributed by atoms with Gasteiger partial charge in [0, 0.05) is 38.9 Å². The number of rotatable bonds is 3. The van der Waals surface area contributed by atoms with Gasteiger partial charge in [0.15, 0.2) is 0 Å². The molecule has 0 spiro atoms. The number of carbonyl (C=O) groups excluding carboxylic acids is 2. The number of primary amides is 1. The van der Waals surface area contributed by atoms with E-state index in [-0.39, 0.29) is 12.0 Å². The summed E-state index contributed by atoms with van der Waals surface area (Å²) in [6.07, 6.45) is 0.783. The Morgan fingerprint density at radius 2 is 1.93 bits per heavy atom. The molecule has 15 heavy (non-hydrogen) atoms. The average molecular weight is 215 g/mol. The summed E-state index contributed by atoms with van der Waals surface area (Å²) in [4.78, 5) is 23.7. The van der Waals surface area contributed by atoms with Gasteiger partial charge in [-0.2, -0.15) is 0 Å². The molecule has 0 saturated carbocycles. The molecule has 0 unspecified atom stereocenters. The maximum absolute atomic E-state index is 11.4. The van der Waals surface area contributed by atoms with E-state index in [0.717, 1.165) is 0 Å². The fourth-order valence-electron chi connectivity index (χ4n) is 1.67. The predicted octanol–water partition coefficient (Wildman–Crippen LogP) is -0.578. The summed E-state index contributed by atoms with van der Waals surface area (Å²) < 4.78 is 4.86. The van der Waals surface area contributed by atoms with E-state index >= 15 is 0 Å². The highest BCUT2D eigenvalue weighted by atomic mass is 16.6. The van der Waals surface area contributed by atoms with Crippen LogP contribution in [0.5, 0.6) is 0 Å². The van der Waals surface area contributed by atoms with Crippen molar-refractivity contribution in [2.75, 3.05) is 19.6 Å². The zero-order valence-corrected chi connectivity index (χ0v) is 8.65. The molecular formula is C9H17N3O3. The third kappa shape index (κ3) is 3.75. The molecular weight excluding hydrogens is 198 g/mol. The number of ether oxygens (including phenoxy) is 1. The van der Waals surface area contributed by atoms with Crippen molar-refractivity contribution in [1.82, 2.24) is 4.90 Å². The molecule has 6 nitrogen and oxygen atoms in total. The van der Waals surface area contributed by atoms with E-state index in [9.17, 15) is 9.59 Å². The first-order chi connectivity index (χ1) is 7.13. The zero-order valence-electron chi connectivity index (χ0n) is 8.65. The normalized spacial score (nSPS) is 17.5. The minimum atomic E-state index is -0.748. The number of hydrogen-bond donors (Lipinski definition) is 2. The highest BCUT2D eigenvalue weighted by Crippen LogP contribution is 2.14. The van der Waals surface area contributed by atoms with Crippen molar-refractivity contribution in [2.24, 2.45) is 11.5 Å². The Morgan fingerprint density at radius 1 is 1.33 bits per heavy atom. The van der Waals surface area contributed by atoms with Gasteiger partial charge in [0.2, 0.25) is 5.91 Å². The molecule has 1 aliphatic heterocycles. The number of nitrogens with two attached hydrogens (primary N) is 2. The maximum Gasteiger partial charge on any atom is 0.404 e. The maximum atomic E-state index is 11.4. The molecule has 1 fully saturated rings. The van der Waals surface area contributed by atoms with E-state index in [0.29, 0.717) is 38.9 Å². The van der Waals surface area contributed by atoms with Crippen molar-refractivity contribution in [3.63, 3.8) is 0 Å². The number of nitrogens with zero attached hydrogens (tertiary/aromatic N) is 1. The molecule has 0 aromatic rings. The highest BCUT2D eigenvalue weighted by Gasteiger charge is 2.23. The summed E-state index contributed by atoms with van der Waals surface area (Å²) >= 11 is 0. The van der Waals surface area contributed by atoms with Crippen LogP contribution in [0.25, 0.3) is 0 Å². The lowest BCUT2D eigenvalue weighted by atomic mass is 10.1. The summed E-state index contributed by atoms with van der Waals surface area (Å²) in [5.74, 6) is 0.0648. The first-order valence-electron chi connectivity index (χ1n) is 5.07. The van der Waals surface area contributed by atoms with Gasteiger partial charge in [-0.15, -0.1) is 0 Å². The van der Waals surface area contributed by atoms with E-state index < -0.39 is 6.09 Å². The van der Waals surface area contributed by atoms with E-state index in [4.69, 9.17) is 16.2 Å². The molecule has 6 heteroatoms. The van der Waals surface area contributed by atoms with Crippen molar-refractivity contribution >= 4 is 12.0 Å². The number of piperidine rings is 1. The van der Waals surface area contributed by atoms with Crippen LogP contribution in [-0.4, -0.2) is 42.6 Å². The molecule has 0 aliphatic carbocycles. The summed E-state index contributed by atoms with van der Waals surface area (Å²) in [7, 11) is 0. The Hall–Kier alpha value is -1.30. The molecule has 1 aliphatic rings. The third-order valence-corrected chi connectivity index (χ3v) is 2.44. The van der Waals surface area contributed by atoms with Gasteiger partial charge in [-0.05, 0) is 0 Å². The smallest absolute Gasteiger partial charge is 0.404 e. The summed E-state index contributed by atoms with van der Waals surface area (Å²) in [5, 5.41) is 0. The largest absolute Gasteiger partial charge is 0.446 e. The van der Waals surface area contributed by atoms with E-state index in [1.54, 1.807) is 4.90 Å². The van der Waals surface area contributed by atoms with Crippen LogP contribution >= 0.6 is 0 Å². The number of hydrogen-bond acceptors (Lipinski definition) is 4. The second kappa shape index (κ2) is 5.55. The average Bonchev–Trinajstić information content (AvgIpc) is 2.18. The van der Waals surface area contributed by atoms with Crippen LogP contribution < -0.4 is 11.5 Å². The summed E-state index contributed by atoms with van der Waals surface area (Å²) in [6, 6.07) is 0. The highest BCUT2D eigenvalue weighted by molar-refractivity contribution is 5.76. The molecule has 0 atom stereocenters. The molecule has 4 N–H and O–H groups in total. The Balaban J connectivity index is 2.29. The molecule has 1 rings (SSSR count). The van der Waals surface area contributed by atoms with Gasteiger partial charge in [0.1, 0.15) is 6.10 Å². The summed E-state index contributed by atoms with van der Waals surface area (Å²) in [6.45, 7) is 1.59. The standard InChI is InChI=1S/C9H17N3O3/c10-4-1-8(13)12-5-2-7(3-6-12)15-9(11)14/h7H,1-6,10H2,(H2,11,14). The van der Waals surface area contributed by atoms with Gasteiger partial charge < -0.3 is 21.1 Å². The Bertz CT molecular complexity index is 237. The van der Waals surface area contributed by atoms with Gasteiger partial charge >= 0.3 is 6.09 Å². The van der Waals surface area contributed by atoms with Crippen LogP contribution in [0.4, 0.5) is 4.79 Å². The van der Waals surface area contributed by atoms with Gasteiger partial charge in [0.05, 0.1) is 0 Å². The lowest BCUT2D eigenvalue weighted by Crippen LogP contribution is -2.42. The SMILES string of the molecule is NCCC(=O)N1CCC(OC(N)=O)CC1. The van der Waals surface area contributed by atoms with E-state index in [1.165, 1.54) is 0 Å². The fourth-order valence-corrected chi connectivity index (χ4v) is 1.67. The minimum Gasteiger partial charge on any atom is -0.446 e. The van der Waals surface area contributed by atoms with Crippen LogP contribution in [-0.2, 0) is 9.53 Å². The minimum absolute atomic E-state index is 0.0648. The van der Waals surface area contributed by atoms with Crippen LogP contribution in [0.3, 0.4) is 0 Å². The van der Waals surface area contributed by atoms with Gasteiger partial charge in [-0.25, -0.2) is 4.79 Å². The van der Waals surface area contributed by atoms with E-state index in [2.05, 4.69) is 0 Å². The predicted molar refractivity (Wildman–Crippen MR) is 53.9 cm³/mol. The second-order valence-electron chi connectivity index (χ2n) is 3.56. The lowest BCUT2D eigenvalue weighted by molar-refractivity contribution is -0.132. The third-order valence-electron chi connectivity index (χ3n) is 2.44. The van der Waals surface area contributed by atoms with Crippen LogP contribution in [0.1, 0.15) is 19.3 Å². The molecule has 2 amide bonds. The van der Waals surface area contributed by atoms with Crippen molar-refractivity contribution in [2.45, 2.75) is 25.4 Å². The molecule has 1 saturated heterocycles. The number of carbonyl (C=O) groups is 2. The van der Waals surface area contributed by atoms with Crippen LogP contribution in [0.15, 0.2) is 0 Å². The van der Waals surface area contributed by atoms with E-state index in [1.807, 2.05) is 0 Å². The zero-order chi connectivity index (χ0) is 11.3. The van der Waals surface area contributed by atoms with Crippen molar-refractivity contribution in [3.8, 4) is 0 Å².